The molecule has 1 unspecified atom stereocenters. The molecule has 1 heterocycles. The fraction of sp³-hybridized carbons (Fsp3) is 0.733. The summed E-state index contributed by atoms with van der Waals surface area (Å²) in [6.45, 7) is 12.5. The number of halogens is 1. The summed E-state index contributed by atoms with van der Waals surface area (Å²) < 4.78 is 7.04. The van der Waals surface area contributed by atoms with Crippen molar-refractivity contribution in [3.05, 3.63) is 16.4 Å². The molecule has 1 N–H and O–H groups in total. The highest BCUT2D eigenvalue weighted by Crippen LogP contribution is 2.21. The Hall–Kier alpha value is -1.07. The minimum absolute atomic E-state index is 0.184. The van der Waals surface area contributed by atoms with Crippen LogP contribution in [-0.2, 0) is 16.1 Å². The fourth-order valence-corrected chi connectivity index (χ4v) is 2.52. The van der Waals surface area contributed by atoms with E-state index in [4.69, 9.17) is 16.3 Å². The number of esters is 1. The van der Waals surface area contributed by atoms with Crippen LogP contribution in [-0.4, -0.2) is 33.9 Å². The molecule has 0 bridgehead atoms. The zero-order chi connectivity index (χ0) is 16.2. The number of aryl methyl sites for hydroxylation is 2. The molecule has 0 aliphatic heterocycles. The van der Waals surface area contributed by atoms with E-state index in [0.717, 1.165) is 11.4 Å². The van der Waals surface area contributed by atoms with Crippen molar-refractivity contribution in [3.8, 4) is 0 Å². The van der Waals surface area contributed by atoms with Gasteiger partial charge in [0.2, 0.25) is 0 Å². The van der Waals surface area contributed by atoms with E-state index in [1.165, 1.54) is 0 Å². The molecule has 0 spiro atoms. The quantitative estimate of drug-likeness (QED) is 0.786. The molecule has 0 aliphatic rings. The Kier molecular flexibility index (Phi) is 6.23. The molecule has 6 heteroatoms. The van der Waals surface area contributed by atoms with Crippen LogP contribution in [0.25, 0.3) is 0 Å². The fourth-order valence-electron chi connectivity index (χ4n) is 2.38. The van der Waals surface area contributed by atoms with Crippen LogP contribution >= 0.6 is 11.6 Å². The third-order valence-corrected chi connectivity index (χ3v) is 4.00. The van der Waals surface area contributed by atoms with Crippen molar-refractivity contribution in [2.45, 2.75) is 66.1 Å². The SMILES string of the molecule is CCOC(=O)C(C)(CCn1nc(C)c(Cl)c1C)NC(C)C. The second-order valence-electron chi connectivity index (χ2n) is 5.81. The molecule has 0 saturated heterocycles. The van der Waals surface area contributed by atoms with Crippen molar-refractivity contribution in [1.29, 1.82) is 0 Å². The van der Waals surface area contributed by atoms with Crippen molar-refractivity contribution in [2.24, 2.45) is 0 Å². The Bertz CT molecular complexity index is 499. The van der Waals surface area contributed by atoms with E-state index in [9.17, 15) is 4.79 Å². The van der Waals surface area contributed by atoms with Gasteiger partial charge in [0.1, 0.15) is 5.54 Å². The Morgan fingerprint density at radius 3 is 2.52 bits per heavy atom. The average Bonchev–Trinajstić information content (AvgIpc) is 2.63. The molecule has 1 aromatic heterocycles. The Labute approximate surface area is 132 Å². The summed E-state index contributed by atoms with van der Waals surface area (Å²) in [7, 11) is 0. The van der Waals surface area contributed by atoms with Crippen LogP contribution in [0.4, 0.5) is 0 Å². The van der Waals surface area contributed by atoms with Gasteiger partial charge in [0.15, 0.2) is 0 Å². The maximum absolute atomic E-state index is 12.2. The number of carbonyl (C=O) groups is 1. The van der Waals surface area contributed by atoms with Gasteiger partial charge < -0.3 is 4.74 Å². The smallest absolute Gasteiger partial charge is 0.326 e. The summed E-state index contributed by atoms with van der Waals surface area (Å²) in [5.41, 5.74) is 0.997. The highest BCUT2D eigenvalue weighted by Gasteiger charge is 2.35. The van der Waals surface area contributed by atoms with E-state index < -0.39 is 5.54 Å². The number of nitrogens with zero attached hydrogens (tertiary/aromatic N) is 2. The molecule has 0 fully saturated rings. The summed E-state index contributed by atoms with van der Waals surface area (Å²) in [5.74, 6) is -0.230. The highest BCUT2D eigenvalue weighted by atomic mass is 35.5. The first-order chi connectivity index (χ1) is 9.71. The third-order valence-electron chi connectivity index (χ3n) is 3.45. The minimum Gasteiger partial charge on any atom is -0.465 e. The molecule has 1 rings (SSSR count). The summed E-state index contributed by atoms with van der Waals surface area (Å²) in [6.07, 6.45) is 0.586. The van der Waals surface area contributed by atoms with Gasteiger partial charge >= 0.3 is 5.97 Å². The van der Waals surface area contributed by atoms with Crippen LogP contribution in [0.2, 0.25) is 5.02 Å². The molecule has 5 nitrogen and oxygen atoms in total. The Balaban J connectivity index is 2.86. The van der Waals surface area contributed by atoms with Crippen molar-refractivity contribution < 1.29 is 9.53 Å². The highest BCUT2D eigenvalue weighted by molar-refractivity contribution is 6.31. The first-order valence-corrected chi connectivity index (χ1v) is 7.73. The number of hydrogen-bond donors (Lipinski definition) is 1. The predicted octanol–water partition coefficient (Wildman–Crippen LogP) is 2.86. The molecule has 0 aliphatic carbocycles. The number of hydrogen-bond acceptors (Lipinski definition) is 4. The van der Waals surface area contributed by atoms with Crippen molar-refractivity contribution in [3.63, 3.8) is 0 Å². The first kappa shape index (κ1) is 18.0. The van der Waals surface area contributed by atoms with Crippen molar-refractivity contribution in [1.82, 2.24) is 15.1 Å². The van der Waals surface area contributed by atoms with Gasteiger partial charge in [-0.2, -0.15) is 5.10 Å². The molecule has 21 heavy (non-hydrogen) atoms. The summed E-state index contributed by atoms with van der Waals surface area (Å²) in [6, 6.07) is 0.184. The molecule has 0 saturated carbocycles. The number of aromatic nitrogens is 2. The van der Waals surface area contributed by atoms with Gasteiger partial charge in [0.05, 0.1) is 23.0 Å². The monoisotopic (exact) mass is 315 g/mol. The minimum atomic E-state index is -0.733. The van der Waals surface area contributed by atoms with E-state index in [0.29, 0.717) is 24.6 Å². The molecular weight excluding hydrogens is 290 g/mol. The maximum atomic E-state index is 12.2. The van der Waals surface area contributed by atoms with E-state index in [1.807, 2.05) is 46.2 Å². The molecule has 0 amide bonds. The van der Waals surface area contributed by atoms with Gasteiger partial charge in [-0.3, -0.25) is 14.8 Å². The second kappa shape index (κ2) is 7.27. The van der Waals surface area contributed by atoms with Crippen LogP contribution in [0.1, 0.15) is 45.5 Å². The van der Waals surface area contributed by atoms with Crippen LogP contribution in [0.5, 0.6) is 0 Å². The van der Waals surface area contributed by atoms with Crippen molar-refractivity contribution >= 4 is 17.6 Å². The third kappa shape index (κ3) is 4.45. The topological polar surface area (TPSA) is 56.2 Å². The summed E-state index contributed by atoms with van der Waals surface area (Å²) in [4.78, 5) is 12.2. The molecule has 1 aromatic rings. The number of carbonyl (C=O) groups excluding carboxylic acids is 1. The lowest BCUT2D eigenvalue weighted by atomic mass is 9.96. The van der Waals surface area contributed by atoms with Crippen LogP contribution in [0.15, 0.2) is 0 Å². The number of nitrogens with one attached hydrogen (secondary N) is 1. The van der Waals surface area contributed by atoms with Crippen LogP contribution in [0.3, 0.4) is 0 Å². The van der Waals surface area contributed by atoms with E-state index >= 15 is 0 Å². The van der Waals surface area contributed by atoms with Gasteiger partial charge in [-0.15, -0.1) is 0 Å². The summed E-state index contributed by atoms with van der Waals surface area (Å²) in [5, 5.41) is 8.39. The zero-order valence-corrected chi connectivity index (χ0v) is 14.5. The summed E-state index contributed by atoms with van der Waals surface area (Å²) >= 11 is 6.15. The zero-order valence-electron chi connectivity index (χ0n) is 13.8. The lowest BCUT2D eigenvalue weighted by Gasteiger charge is -2.30. The molecular formula is C15H26ClN3O2. The van der Waals surface area contributed by atoms with E-state index in [1.54, 1.807) is 0 Å². The predicted molar refractivity (Wildman–Crippen MR) is 84.6 cm³/mol. The van der Waals surface area contributed by atoms with Crippen LogP contribution < -0.4 is 5.32 Å². The first-order valence-electron chi connectivity index (χ1n) is 7.35. The number of ether oxygens (including phenoxy) is 1. The van der Waals surface area contributed by atoms with Gasteiger partial charge in [-0.25, -0.2) is 0 Å². The normalized spacial score (nSPS) is 14.3. The van der Waals surface area contributed by atoms with Crippen molar-refractivity contribution in [2.75, 3.05) is 6.61 Å². The number of rotatable bonds is 7. The second-order valence-corrected chi connectivity index (χ2v) is 6.19. The molecule has 0 aromatic carbocycles. The lowest BCUT2D eigenvalue weighted by Crippen LogP contribution is -2.53. The Morgan fingerprint density at radius 1 is 1.48 bits per heavy atom. The standard InChI is InChI=1S/C15H26ClN3O2/c1-7-21-14(20)15(6,17-10(2)3)8-9-19-12(5)13(16)11(4)18-19/h10,17H,7-9H2,1-6H3. The van der Waals surface area contributed by atoms with E-state index in [2.05, 4.69) is 10.4 Å². The van der Waals surface area contributed by atoms with Gasteiger partial charge in [-0.1, -0.05) is 11.6 Å². The molecule has 1 atom stereocenters. The maximum Gasteiger partial charge on any atom is 0.326 e. The average molecular weight is 316 g/mol. The van der Waals surface area contributed by atoms with Gasteiger partial charge in [0, 0.05) is 12.6 Å². The Morgan fingerprint density at radius 2 is 2.10 bits per heavy atom. The van der Waals surface area contributed by atoms with Gasteiger partial charge in [0.25, 0.3) is 0 Å². The lowest BCUT2D eigenvalue weighted by molar-refractivity contribution is -0.151. The molecule has 120 valence electrons. The largest absolute Gasteiger partial charge is 0.465 e. The van der Waals surface area contributed by atoms with Crippen LogP contribution in [0, 0.1) is 13.8 Å². The van der Waals surface area contributed by atoms with E-state index in [-0.39, 0.29) is 12.0 Å². The molecule has 0 radical (unpaired) electrons. The van der Waals surface area contributed by atoms with Gasteiger partial charge in [-0.05, 0) is 48.0 Å².